The van der Waals surface area contributed by atoms with Gasteiger partial charge >= 0.3 is 0 Å². The summed E-state index contributed by atoms with van der Waals surface area (Å²) in [7, 11) is 0. The number of benzene rings is 1. The maximum absolute atomic E-state index is 3.49. The summed E-state index contributed by atoms with van der Waals surface area (Å²) in [5, 5.41) is 3.49. The molecule has 0 spiro atoms. The molecule has 1 aliphatic rings. The minimum Gasteiger partial charge on any atom is -0.346 e. The molecule has 0 saturated heterocycles. The second-order valence-corrected chi connectivity index (χ2v) is 6.12. The summed E-state index contributed by atoms with van der Waals surface area (Å²) in [5.41, 5.74) is 5.91. The summed E-state index contributed by atoms with van der Waals surface area (Å²) < 4.78 is 2.35. The van der Waals surface area contributed by atoms with Gasteiger partial charge in [0.1, 0.15) is 0 Å². The first kappa shape index (κ1) is 13.4. The molecule has 0 amide bonds. The lowest BCUT2D eigenvalue weighted by Crippen LogP contribution is -2.23. The molecule has 3 rings (SSSR count). The highest BCUT2D eigenvalue weighted by molar-refractivity contribution is 5.35. The van der Waals surface area contributed by atoms with Crippen molar-refractivity contribution in [1.29, 1.82) is 0 Å². The van der Waals surface area contributed by atoms with Gasteiger partial charge in [0.25, 0.3) is 0 Å². The van der Waals surface area contributed by atoms with Crippen LogP contribution in [-0.2, 0) is 25.9 Å². The van der Waals surface area contributed by atoms with Gasteiger partial charge in [-0.3, -0.25) is 0 Å². The van der Waals surface area contributed by atoms with E-state index in [1.807, 2.05) is 0 Å². The first-order chi connectivity index (χ1) is 9.72. The molecule has 0 aliphatic heterocycles. The smallest absolute Gasteiger partial charge is 0.0473 e. The lowest BCUT2D eigenvalue weighted by Gasteiger charge is -2.13. The lowest BCUT2D eigenvalue weighted by atomic mass is 10.1. The Hall–Kier alpha value is -1.54. The van der Waals surface area contributed by atoms with Crippen molar-refractivity contribution in [3.05, 3.63) is 58.9 Å². The Morgan fingerprint density at radius 2 is 2.00 bits per heavy atom. The van der Waals surface area contributed by atoms with E-state index < -0.39 is 0 Å². The molecule has 0 bridgehead atoms. The Bertz CT molecular complexity index is 581. The largest absolute Gasteiger partial charge is 0.346 e. The minimum atomic E-state index is 0.526. The molecule has 0 atom stereocenters. The van der Waals surface area contributed by atoms with Crippen LogP contribution in [0.15, 0.2) is 36.5 Å². The van der Waals surface area contributed by atoms with Crippen LogP contribution >= 0.6 is 0 Å². The van der Waals surface area contributed by atoms with Gasteiger partial charge in [0.05, 0.1) is 0 Å². The lowest BCUT2D eigenvalue weighted by molar-refractivity contribution is 0.564. The van der Waals surface area contributed by atoms with Gasteiger partial charge in [0.2, 0.25) is 0 Å². The average Bonchev–Trinajstić information content (AvgIpc) is 3.04. The van der Waals surface area contributed by atoms with Gasteiger partial charge in [0.15, 0.2) is 0 Å². The zero-order valence-corrected chi connectivity index (χ0v) is 12.5. The van der Waals surface area contributed by atoms with Crippen molar-refractivity contribution in [2.45, 2.75) is 52.2 Å². The van der Waals surface area contributed by atoms with E-state index in [-0.39, 0.29) is 0 Å². The van der Waals surface area contributed by atoms with Crippen LogP contribution in [0.2, 0.25) is 0 Å². The molecule has 1 aromatic heterocycles. The van der Waals surface area contributed by atoms with E-state index in [9.17, 15) is 0 Å². The standard InChI is InChI=1S/C18H24N2/c1-14(2)19-12-18-7-4-10-20(18)13-15-8-9-16-5-3-6-17(16)11-15/h4,7-11,14,19H,3,5-6,12-13H2,1-2H3. The predicted molar refractivity (Wildman–Crippen MR) is 84.0 cm³/mol. The summed E-state index contributed by atoms with van der Waals surface area (Å²) >= 11 is 0. The van der Waals surface area contributed by atoms with Gasteiger partial charge in [-0.25, -0.2) is 0 Å². The summed E-state index contributed by atoms with van der Waals surface area (Å²) in [5.74, 6) is 0. The fourth-order valence-corrected chi connectivity index (χ4v) is 2.99. The number of aromatic nitrogens is 1. The van der Waals surface area contributed by atoms with Crippen molar-refractivity contribution in [3.8, 4) is 0 Å². The fraction of sp³-hybridized carbons (Fsp3) is 0.444. The summed E-state index contributed by atoms with van der Waals surface area (Å²) in [6.45, 7) is 6.30. The minimum absolute atomic E-state index is 0.526. The molecule has 1 aromatic carbocycles. The fourth-order valence-electron chi connectivity index (χ4n) is 2.99. The third kappa shape index (κ3) is 2.96. The number of rotatable bonds is 5. The average molecular weight is 268 g/mol. The molecule has 106 valence electrons. The molecular formula is C18H24N2. The molecule has 2 nitrogen and oxygen atoms in total. The van der Waals surface area contributed by atoms with Gasteiger partial charge in [0, 0.05) is 31.0 Å². The number of aryl methyl sites for hydroxylation is 2. The Labute approximate surface area is 121 Å². The molecule has 1 aliphatic carbocycles. The van der Waals surface area contributed by atoms with Crippen LogP contribution in [0.5, 0.6) is 0 Å². The van der Waals surface area contributed by atoms with E-state index in [1.54, 1.807) is 11.1 Å². The molecule has 0 unspecified atom stereocenters. The van der Waals surface area contributed by atoms with Gasteiger partial charge in [-0.05, 0) is 48.1 Å². The number of fused-ring (bicyclic) bond motifs is 1. The van der Waals surface area contributed by atoms with E-state index in [0.717, 1.165) is 13.1 Å². The van der Waals surface area contributed by atoms with Crippen LogP contribution in [0.4, 0.5) is 0 Å². The first-order valence-corrected chi connectivity index (χ1v) is 7.70. The predicted octanol–water partition coefficient (Wildman–Crippen LogP) is 3.52. The molecule has 0 saturated carbocycles. The van der Waals surface area contributed by atoms with Crippen molar-refractivity contribution in [2.24, 2.45) is 0 Å². The van der Waals surface area contributed by atoms with Gasteiger partial charge in [-0.1, -0.05) is 32.0 Å². The third-order valence-corrected chi connectivity index (χ3v) is 4.13. The van der Waals surface area contributed by atoms with Crippen LogP contribution in [0.3, 0.4) is 0 Å². The van der Waals surface area contributed by atoms with E-state index in [4.69, 9.17) is 0 Å². The van der Waals surface area contributed by atoms with E-state index in [1.165, 1.54) is 30.5 Å². The molecule has 2 heteroatoms. The highest BCUT2D eigenvalue weighted by atomic mass is 15.0. The van der Waals surface area contributed by atoms with E-state index >= 15 is 0 Å². The quantitative estimate of drug-likeness (QED) is 0.878. The Balaban J connectivity index is 1.73. The molecular weight excluding hydrogens is 244 g/mol. The van der Waals surface area contributed by atoms with Crippen molar-refractivity contribution >= 4 is 0 Å². The molecule has 0 fully saturated rings. The Morgan fingerprint density at radius 3 is 2.85 bits per heavy atom. The molecule has 0 radical (unpaired) electrons. The Kier molecular flexibility index (Phi) is 3.93. The number of hydrogen-bond acceptors (Lipinski definition) is 1. The maximum Gasteiger partial charge on any atom is 0.0473 e. The molecule has 1 N–H and O–H groups in total. The van der Waals surface area contributed by atoms with Crippen LogP contribution in [0.1, 0.15) is 42.7 Å². The van der Waals surface area contributed by atoms with Crippen LogP contribution in [-0.4, -0.2) is 10.6 Å². The molecule has 1 heterocycles. The first-order valence-electron chi connectivity index (χ1n) is 7.70. The van der Waals surface area contributed by atoms with Crippen molar-refractivity contribution < 1.29 is 0 Å². The highest BCUT2D eigenvalue weighted by Gasteiger charge is 2.11. The topological polar surface area (TPSA) is 17.0 Å². The van der Waals surface area contributed by atoms with Crippen LogP contribution in [0, 0.1) is 0 Å². The molecule has 20 heavy (non-hydrogen) atoms. The molecule has 2 aromatic rings. The van der Waals surface area contributed by atoms with E-state index in [2.05, 4.69) is 60.3 Å². The second kappa shape index (κ2) is 5.84. The van der Waals surface area contributed by atoms with Crippen LogP contribution in [0.25, 0.3) is 0 Å². The zero-order valence-electron chi connectivity index (χ0n) is 12.5. The van der Waals surface area contributed by atoms with E-state index in [0.29, 0.717) is 6.04 Å². The van der Waals surface area contributed by atoms with Crippen LogP contribution < -0.4 is 5.32 Å². The van der Waals surface area contributed by atoms with Crippen molar-refractivity contribution in [3.63, 3.8) is 0 Å². The SMILES string of the molecule is CC(C)NCc1cccn1Cc1ccc2c(c1)CCC2. The zero-order chi connectivity index (χ0) is 13.9. The van der Waals surface area contributed by atoms with Crippen molar-refractivity contribution in [2.75, 3.05) is 0 Å². The monoisotopic (exact) mass is 268 g/mol. The van der Waals surface area contributed by atoms with Gasteiger partial charge < -0.3 is 9.88 Å². The normalized spacial score (nSPS) is 13.9. The maximum atomic E-state index is 3.49. The number of hydrogen-bond donors (Lipinski definition) is 1. The second-order valence-electron chi connectivity index (χ2n) is 6.12. The Morgan fingerprint density at radius 1 is 1.15 bits per heavy atom. The summed E-state index contributed by atoms with van der Waals surface area (Å²) in [6.07, 6.45) is 6.04. The highest BCUT2D eigenvalue weighted by Crippen LogP contribution is 2.23. The van der Waals surface area contributed by atoms with Gasteiger partial charge in [-0.2, -0.15) is 0 Å². The van der Waals surface area contributed by atoms with Crippen molar-refractivity contribution in [1.82, 2.24) is 9.88 Å². The third-order valence-electron chi connectivity index (χ3n) is 4.13. The number of nitrogens with zero attached hydrogens (tertiary/aromatic N) is 1. The summed E-state index contributed by atoms with van der Waals surface area (Å²) in [6, 6.07) is 11.9. The van der Waals surface area contributed by atoms with Gasteiger partial charge in [-0.15, -0.1) is 0 Å². The number of nitrogens with one attached hydrogen (secondary N) is 1. The summed E-state index contributed by atoms with van der Waals surface area (Å²) in [4.78, 5) is 0.